The van der Waals surface area contributed by atoms with Crippen LogP contribution in [0, 0.1) is 11.3 Å². The molecule has 1 saturated heterocycles. The molecule has 0 aromatic heterocycles. The maximum absolute atomic E-state index is 12.6. The van der Waals surface area contributed by atoms with Crippen LogP contribution in [-0.2, 0) is 11.3 Å². The Bertz CT molecular complexity index is 555. The largest absolute Gasteiger partial charge is 0.341 e. The summed E-state index contributed by atoms with van der Waals surface area (Å²) in [7, 11) is 1.86. The average Bonchev–Trinajstić information content (AvgIpc) is 3.15. The van der Waals surface area contributed by atoms with E-state index in [0.29, 0.717) is 16.6 Å². The third kappa shape index (κ3) is 3.05. The lowest BCUT2D eigenvalue weighted by Gasteiger charge is -2.25. The van der Waals surface area contributed by atoms with E-state index in [1.165, 1.54) is 0 Å². The molecule has 1 spiro atoms. The summed E-state index contributed by atoms with van der Waals surface area (Å²) in [4.78, 5) is 14.4. The second-order valence-corrected chi connectivity index (χ2v) is 7.14. The highest BCUT2D eigenvalue weighted by Gasteiger charge is 2.58. The second kappa shape index (κ2) is 5.79. The molecule has 1 atom stereocenters. The quantitative estimate of drug-likeness (QED) is 0.923. The Morgan fingerprint density at radius 1 is 1.38 bits per heavy atom. The van der Waals surface area contributed by atoms with Gasteiger partial charge in [-0.1, -0.05) is 29.3 Å². The summed E-state index contributed by atoms with van der Waals surface area (Å²) in [6, 6.07) is 5.43. The Morgan fingerprint density at radius 3 is 2.76 bits per heavy atom. The predicted octanol–water partition coefficient (Wildman–Crippen LogP) is 3.34. The van der Waals surface area contributed by atoms with E-state index < -0.39 is 0 Å². The van der Waals surface area contributed by atoms with Crippen molar-refractivity contribution in [2.75, 3.05) is 20.1 Å². The molecule has 1 N–H and O–H groups in total. The average molecular weight is 327 g/mol. The van der Waals surface area contributed by atoms with Gasteiger partial charge in [-0.15, -0.1) is 0 Å². The molecule has 0 radical (unpaired) electrons. The molecule has 1 unspecified atom stereocenters. The molecule has 2 fully saturated rings. The van der Waals surface area contributed by atoms with Crippen molar-refractivity contribution < 1.29 is 4.79 Å². The fraction of sp³-hybridized carbons (Fsp3) is 0.562. The molecule has 1 amide bonds. The number of halogens is 2. The first kappa shape index (κ1) is 15.1. The zero-order valence-corrected chi connectivity index (χ0v) is 13.7. The molecule has 21 heavy (non-hydrogen) atoms. The van der Waals surface area contributed by atoms with Crippen LogP contribution in [0.3, 0.4) is 0 Å². The maximum Gasteiger partial charge on any atom is 0.226 e. The Hall–Kier alpha value is -0.770. The van der Waals surface area contributed by atoms with Gasteiger partial charge >= 0.3 is 0 Å². The molecule has 1 saturated carbocycles. The SMILES string of the molecule is CN(Cc1ccc(Cl)cc1Cl)C(=O)C1CC12CCNCC2. The first-order valence-corrected chi connectivity index (χ1v) is 8.17. The molecule has 0 bridgehead atoms. The van der Waals surface area contributed by atoms with Gasteiger partial charge in [-0.2, -0.15) is 0 Å². The number of carbonyl (C=O) groups is 1. The molecule has 2 aliphatic rings. The van der Waals surface area contributed by atoms with Gasteiger partial charge in [0.1, 0.15) is 0 Å². The van der Waals surface area contributed by atoms with Crippen LogP contribution in [0.4, 0.5) is 0 Å². The predicted molar refractivity (Wildman–Crippen MR) is 85.6 cm³/mol. The van der Waals surface area contributed by atoms with Crippen molar-refractivity contribution in [3.05, 3.63) is 33.8 Å². The van der Waals surface area contributed by atoms with Gasteiger partial charge in [0.25, 0.3) is 0 Å². The van der Waals surface area contributed by atoms with Crippen LogP contribution in [-0.4, -0.2) is 30.9 Å². The van der Waals surface area contributed by atoms with Crippen LogP contribution >= 0.6 is 23.2 Å². The van der Waals surface area contributed by atoms with Crippen LogP contribution in [0.25, 0.3) is 0 Å². The van der Waals surface area contributed by atoms with Crippen molar-refractivity contribution in [3.8, 4) is 0 Å². The topological polar surface area (TPSA) is 32.3 Å². The van der Waals surface area contributed by atoms with Crippen molar-refractivity contribution in [2.24, 2.45) is 11.3 Å². The molecular weight excluding hydrogens is 307 g/mol. The minimum absolute atomic E-state index is 0.204. The second-order valence-electron chi connectivity index (χ2n) is 6.30. The monoisotopic (exact) mass is 326 g/mol. The smallest absolute Gasteiger partial charge is 0.226 e. The highest BCUT2D eigenvalue weighted by Crippen LogP contribution is 2.59. The number of amides is 1. The lowest BCUT2D eigenvalue weighted by atomic mass is 9.91. The molecular formula is C16H20Cl2N2O. The number of nitrogens with one attached hydrogen (secondary N) is 1. The number of carbonyl (C=O) groups excluding carboxylic acids is 1. The van der Waals surface area contributed by atoms with Gasteiger partial charge in [-0.25, -0.2) is 0 Å². The Labute approximate surface area is 135 Å². The molecule has 114 valence electrons. The minimum atomic E-state index is 0.204. The van der Waals surface area contributed by atoms with Crippen molar-refractivity contribution in [1.29, 1.82) is 0 Å². The van der Waals surface area contributed by atoms with Crippen molar-refractivity contribution in [1.82, 2.24) is 10.2 Å². The lowest BCUT2D eigenvalue weighted by molar-refractivity contribution is -0.132. The molecule has 1 heterocycles. The fourth-order valence-electron chi connectivity index (χ4n) is 3.42. The van der Waals surface area contributed by atoms with E-state index in [4.69, 9.17) is 23.2 Å². The third-order valence-electron chi connectivity index (χ3n) is 4.89. The van der Waals surface area contributed by atoms with Gasteiger partial charge in [0.2, 0.25) is 5.91 Å². The van der Waals surface area contributed by atoms with E-state index in [0.717, 1.165) is 37.9 Å². The van der Waals surface area contributed by atoms with Crippen LogP contribution in [0.5, 0.6) is 0 Å². The van der Waals surface area contributed by atoms with Crippen molar-refractivity contribution in [2.45, 2.75) is 25.8 Å². The van der Waals surface area contributed by atoms with Crippen LogP contribution in [0.15, 0.2) is 18.2 Å². The Balaban J connectivity index is 1.63. The summed E-state index contributed by atoms with van der Waals surface area (Å²) in [6.45, 7) is 2.62. The summed E-state index contributed by atoms with van der Waals surface area (Å²) in [5, 5.41) is 4.61. The normalized spacial score (nSPS) is 23.1. The number of benzene rings is 1. The molecule has 3 nitrogen and oxygen atoms in total. The number of rotatable bonds is 3. The van der Waals surface area contributed by atoms with Gasteiger partial charge in [0.05, 0.1) is 0 Å². The van der Waals surface area contributed by atoms with E-state index >= 15 is 0 Å². The summed E-state index contributed by atoms with van der Waals surface area (Å²) in [5.41, 5.74) is 1.22. The lowest BCUT2D eigenvalue weighted by Crippen LogP contribution is -2.34. The van der Waals surface area contributed by atoms with Gasteiger partial charge in [0.15, 0.2) is 0 Å². The highest BCUT2D eigenvalue weighted by molar-refractivity contribution is 6.35. The summed E-state index contributed by atoms with van der Waals surface area (Å²) in [5.74, 6) is 0.457. The zero-order valence-electron chi connectivity index (χ0n) is 12.2. The zero-order chi connectivity index (χ0) is 15.0. The summed E-state index contributed by atoms with van der Waals surface area (Å²) >= 11 is 12.1. The fourth-order valence-corrected chi connectivity index (χ4v) is 3.89. The van der Waals surface area contributed by atoms with Gasteiger partial charge < -0.3 is 10.2 Å². The molecule has 1 aliphatic heterocycles. The van der Waals surface area contributed by atoms with Crippen molar-refractivity contribution >= 4 is 29.1 Å². The van der Waals surface area contributed by atoms with E-state index in [2.05, 4.69) is 5.32 Å². The van der Waals surface area contributed by atoms with Crippen LogP contribution in [0.1, 0.15) is 24.8 Å². The van der Waals surface area contributed by atoms with Crippen LogP contribution in [0.2, 0.25) is 10.0 Å². The number of hydrogen-bond acceptors (Lipinski definition) is 2. The first-order chi connectivity index (χ1) is 10.0. The van der Waals surface area contributed by atoms with Gasteiger partial charge in [0, 0.05) is 29.6 Å². The summed E-state index contributed by atoms with van der Waals surface area (Å²) < 4.78 is 0. The maximum atomic E-state index is 12.6. The molecule has 1 aromatic carbocycles. The number of nitrogens with zero attached hydrogens (tertiary/aromatic N) is 1. The van der Waals surface area contributed by atoms with Gasteiger partial charge in [-0.05, 0) is 55.5 Å². The van der Waals surface area contributed by atoms with E-state index in [1.54, 1.807) is 11.0 Å². The van der Waals surface area contributed by atoms with E-state index in [9.17, 15) is 4.79 Å². The molecule has 3 rings (SSSR count). The summed E-state index contributed by atoms with van der Waals surface area (Å²) in [6.07, 6.45) is 3.30. The molecule has 1 aliphatic carbocycles. The van der Waals surface area contributed by atoms with Crippen LogP contribution < -0.4 is 5.32 Å². The Morgan fingerprint density at radius 2 is 2.10 bits per heavy atom. The minimum Gasteiger partial charge on any atom is -0.341 e. The molecule has 1 aromatic rings. The van der Waals surface area contributed by atoms with Gasteiger partial charge in [-0.3, -0.25) is 4.79 Å². The highest BCUT2D eigenvalue weighted by atomic mass is 35.5. The first-order valence-electron chi connectivity index (χ1n) is 7.41. The Kier molecular flexibility index (Phi) is 4.17. The third-order valence-corrected chi connectivity index (χ3v) is 5.47. The van der Waals surface area contributed by atoms with Crippen molar-refractivity contribution in [3.63, 3.8) is 0 Å². The van der Waals surface area contributed by atoms with E-state index in [1.807, 2.05) is 19.2 Å². The number of piperidine rings is 1. The molecule has 5 heteroatoms. The standard InChI is InChI=1S/C16H20Cl2N2O/c1-20(10-11-2-3-12(17)8-14(11)18)15(21)13-9-16(13)4-6-19-7-5-16/h2-3,8,13,19H,4-7,9-10H2,1H3. The van der Waals surface area contributed by atoms with E-state index in [-0.39, 0.29) is 17.2 Å². The number of hydrogen-bond donors (Lipinski definition) is 1.